The van der Waals surface area contributed by atoms with Crippen LogP contribution in [0.5, 0.6) is 0 Å². The highest BCUT2D eigenvalue weighted by molar-refractivity contribution is 9.10. The molecule has 0 saturated heterocycles. The molecule has 1 aromatic carbocycles. The molecular weight excluding hydrogens is 249 g/mol. The van der Waals surface area contributed by atoms with Gasteiger partial charge in [0.2, 0.25) is 0 Å². The van der Waals surface area contributed by atoms with Gasteiger partial charge < -0.3 is 5.32 Å². The number of rotatable bonds is 3. The Hall–Kier alpha value is -0.650. The maximum absolute atomic E-state index is 5.85. The molecule has 13 heavy (non-hydrogen) atoms. The summed E-state index contributed by atoms with van der Waals surface area (Å²) in [6.07, 6.45) is 5.84. The van der Waals surface area contributed by atoms with Crippen molar-refractivity contribution in [2.24, 2.45) is 0 Å². The van der Waals surface area contributed by atoms with Crippen LogP contribution in [0.2, 0.25) is 5.02 Å². The fraction of sp³-hybridized carbons (Fsp3) is 0.200. The molecule has 0 fully saturated rings. The summed E-state index contributed by atoms with van der Waals surface area (Å²) in [7, 11) is 0. The number of terminal acetylenes is 1. The summed E-state index contributed by atoms with van der Waals surface area (Å²) in [6.45, 7) is 0.767. The largest absolute Gasteiger partial charge is 0.384 e. The van der Waals surface area contributed by atoms with E-state index in [9.17, 15) is 0 Å². The molecule has 0 heterocycles. The summed E-state index contributed by atoms with van der Waals surface area (Å²) in [4.78, 5) is 0. The fourth-order valence-corrected chi connectivity index (χ4v) is 1.80. The molecule has 1 aromatic rings. The van der Waals surface area contributed by atoms with E-state index in [0.29, 0.717) is 11.4 Å². The lowest BCUT2D eigenvalue weighted by atomic mass is 10.3. The van der Waals surface area contributed by atoms with Gasteiger partial charge in [-0.2, -0.15) is 0 Å². The van der Waals surface area contributed by atoms with E-state index in [0.717, 1.165) is 16.7 Å². The molecular formula is C10H9BrClN. The third kappa shape index (κ3) is 3.71. The number of nitrogens with one attached hydrogen (secondary N) is 1. The Morgan fingerprint density at radius 1 is 1.46 bits per heavy atom. The van der Waals surface area contributed by atoms with Gasteiger partial charge in [-0.25, -0.2) is 0 Å². The highest BCUT2D eigenvalue weighted by Gasteiger charge is 1.95. The summed E-state index contributed by atoms with van der Waals surface area (Å²) < 4.78 is 0.961. The van der Waals surface area contributed by atoms with Gasteiger partial charge in [0.1, 0.15) is 0 Å². The van der Waals surface area contributed by atoms with Gasteiger partial charge in [0.05, 0.1) is 0 Å². The summed E-state index contributed by atoms with van der Waals surface area (Å²) in [5.41, 5.74) is 0.981. The molecule has 1 nitrogen and oxygen atoms in total. The second kappa shape index (κ2) is 5.16. The minimum atomic E-state index is 0.706. The smallest absolute Gasteiger partial charge is 0.0437 e. The van der Waals surface area contributed by atoms with Gasteiger partial charge in [0.25, 0.3) is 0 Å². The predicted octanol–water partition coefficient (Wildman–Crippen LogP) is 3.54. The molecule has 0 amide bonds. The van der Waals surface area contributed by atoms with Crippen molar-refractivity contribution < 1.29 is 0 Å². The van der Waals surface area contributed by atoms with E-state index in [1.807, 2.05) is 18.2 Å². The molecule has 1 rings (SSSR count). The lowest BCUT2D eigenvalue weighted by Crippen LogP contribution is -1.99. The molecule has 0 aliphatic rings. The van der Waals surface area contributed by atoms with Gasteiger partial charge in [0, 0.05) is 28.1 Å². The van der Waals surface area contributed by atoms with Crippen molar-refractivity contribution >= 4 is 33.2 Å². The highest BCUT2D eigenvalue weighted by Crippen LogP contribution is 2.22. The standard InChI is InChI=1S/C10H9BrClN/c1-2-3-4-13-10-6-8(11)5-9(12)7-10/h1,5-7,13H,3-4H2. The lowest BCUT2D eigenvalue weighted by Gasteiger charge is -2.04. The Balaban J connectivity index is 2.62. The van der Waals surface area contributed by atoms with Crippen LogP contribution in [-0.2, 0) is 0 Å². The number of hydrogen-bond acceptors (Lipinski definition) is 1. The van der Waals surface area contributed by atoms with Crippen molar-refractivity contribution in [2.75, 3.05) is 11.9 Å². The SMILES string of the molecule is C#CCCNc1cc(Cl)cc(Br)c1. The molecule has 0 saturated carbocycles. The van der Waals surface area contributed by atoms with E-state index < -0.39 is 0 Å². The molecule has 3 heteroatoms. The first-order valence-electron chi connectivity index (χ1n) is 3.86. The predicted molar refractivity (Wildman–Crippen MR) is 61.1 cm³/mol. The average molecular weight is 259 g/mol. The van der Waals surface area contributed by atoms with Crippen LogP contribution < -0.4 is 5.32 Å². The maximum atomic E-state index is 5.85. The molecule has 0 bridgehead atoms. The Kier molecular flexibility index (Phi) is 4.14. The van der Waals surface area contributed by atoms with Crippen LogP contribution >= 0.6 is 27.5 Å². The number of anilines is 1. The Morgan fingerprint density at radius 2 is 2.23 bits per heavy atom. The van der Waals surface area contributed by atoms with E-state index in [4.69, 9.17) is 18.0 Å². The third-order valence-corrected chi connectivity index (χ3v) is 2.14. The lowest BCUT2D eigenvalue weighted by molar-refractivity contribution is 1.10. The number of benzene rings is 1. The van der Waals surface area contributed by atoms with Crippen molar-refractivity contribution in [1.29, 1.82) is 0 Å². The van der Waals surface area contributed by atoms with Gasteiger partial charge in [0.15, 0.2) is 0 Å². The number of hydrogen-bond donors (Lipinski definition) is 1. The molecule has 0 unspecified atom stereocenters. The van der Waals surface area contributed by atoms with Crippen molar-refractivity contribution in [2.45, 2.75) is 6.42 Å². The summed E-state index contributed by atoms with van der Waals surface area (Å²) >= 11 is 9.21. The first-order valence-corrected chi connectivity index (χ1v) is 5.03. The van der Waals surface area contributed by atoms with E-state index in [1.54, 1.807) is 0 Å². The Bertz CT molecular complexity index is 310. The normalized spacial score (nSPS) is 9.31. The molecule has 0 aliphatic heterocycles. The zero-order valence-electron chi connectivity index (χ0n) is 6.98. The second-order valence-electron chi connectivity index (χ2n) is 2.54. The Morgan fingerprint density at radius 3 is 2.85 bits per heavy atom. The molecule has 68 valence electrons. The van der Waals surface area contributed by atoms with Crippen LogP contribution in [0.4, 0.5) is 5.69 Å². The van der Waals surface area contributed by atoms with Crippen LogP contribution in [0.3, 0.4) is 0 Å². The first kappa shape index (κ1) is 10.4. The third-order valence-electron chi connectivity index (χ3n) is 1.46. The van der Waals surface area contributed by atoms with E-state index >= 15 is 0 Å². The van der Waals surface area contributed by atoms with Crippen molar-refractivity contribution in [3.05, 3.63) is 27.7 Å². The monoisotopic (exact) mass is 257 g/mol. The summed E-state index contributed by atoms with van der Waals surface area (Å²) in [6, 6.07) is 5.67. The first-order chi connectivity index (χ1) is 6.22. The molecule has 0 radical (unpaired) electrons. The highest BCUT2D eigenvalue weighted by atomic mass is 79.9. The average Bonchev–Trinajstić information content (AvgIpc) is 2.03. The van der Waals surface area contributed by atoms with Crippen LogP contribution in [0, 0.1) is 12.3 Å². The Labute approximate surface area is 91.6 Å². The minimum Gasteiger partial charge on any atom is -0.384 e. The summed E-state index contributed by atoms with van der Waals surface area (Å²) in [5.74, 6) is 2.56. The van der Waals surface area contributed by atoms with Crippen LogP contribution in [-0.4, -0.2) is 6.54 Å². The second-order valence-corrected chi connectivity index (χ2v) is 3.89. The van der Waals surface area contributed by atoms with Crippen molar-refractivity contribution in [3.8, 4) is 12.3 Å². The van der Waals surface area contributed by atoms with E-state index in [-0.39, 0.29) is 0 Å². The maximum Gasteiger partial charge on any atom is 0.0437 e. The van der Waals surface area contributed by atoms with E-state index in [1.165, 1.54) is 0 Å². The molecule has 0 spiro atoms. The van der Waals surface area contributed by atoms with Crippen LogP contribution in [0.1, 0.15) is 6.42 Å². The van der Waals surface area contributed by atoms with Gasteiger partial charge >= 0.3 is 0 Å². The van der Waals surface area contributed by atoms with Gasteiger partial charge in [-0.3, -0.25) is 0 Å². The zero-order valence-corrected chi connectivity index (χ0v) is 9.32. The van der Waals surface area contributed by atoms with Gasteiger partial charge in [-0.15, -0.1) is 12.3 Å². The topological polar surface area (TPSA) is 12.0 Å². The van der Waals surface area contributed by atoms with Crippen molar-refractivity contribution in [1.82, 2.24) is 0 Å². The quantitative estimate of drug-likeness (QED) is 0.646. The van der Waals surface area contributed by atoms with Gasteiger partial charge in [-0.1, -0.05) is 27.5 Å². The van der Waals surface area contributed by atoms with Crippen LogP contribution in [0.15, 0.2) is 22.7 Å². The molecule has 0 aliphatic carbocycles. The van der Waals surface area contributed by atoms with E-state index in [2.05, 4.69) is 27.2 Å². The molecule has 1 N–H and O–H groups in total. The molecule has 0 aromatic heterocycles. The van der Waals surface area contributed by atoms with Crippen LogP contribution in [0.25, 0.3) is 0 Å². The minimum absolute atomic E-state index is 0.706. The number of halogens is 2. The fourth-order valence-electron chi connectivity index (χ4n) is 0.935. The van der Waals surface area contributed by atoms with Gasteiger partial charge in [-0.05, 0) is 18.2 Å². The van der Waals surface area contributed by atoms with Crippen molar-refractivity contribution in [3.63, 3.8) is 0 Å². The zero-order chi connectivity index (χ0) is 9.68. The summed E-state index contributed by atoms with van der Waals surface area (Å²) in [5, 5.41) is 3.88. The molecule has 0 atom stereocenters.